The zero-order valence-electron chi connectivity index (χ0n) is 13.9. The van der Waals surface area contributed by atoms with Gasteiger partial charge in [-0.3, -0.25) is 4.79 Å². The molecule has 0 saturated carbocycles. The average Bonchev–Trinajstić information content (AvgIpc) is 2.60. The van der Waals surface area contributed by atoms with E-state index in [2.05, 4.69) is 5.32 Å². The number of esters is 1. The van der Waals surface area contributed by atoms with Gasteiger partial charge in [-0.05, 0) is 30.2 Å². The quantitative estimate of drug-likeness (QED) is 0.776. The minimum Gasteiger partial charge on any atom is -0.466 e. The van der Waals surface area contributed by atoms with Crippen LogP contribution in [-0.4, -0.2) is 18.7 Å². The van der Waals surface area contributed by atoms with Crippen molar-refractivity contribution in [3.8, 4) is 0 Å². The monoisotopic (exact) mass is 345 g/mol. The molecule has 25 heavy (non-hydrogen) atoms. The van der Waals surface area contributed by atoms with E-state index in [4.69, 9.17) is 9.47 Å². The molecule has 0 aliphatic rings. The summed E-state index contributed by atoms with van der Waals surface area (Å²) in [5.74, 6) is -0.939. The number of hydrogen-bond acceptors (Lipinski definition) is 4. The molecule has 0 aliphatic heterocycles. The first kappa shape index (κ1) is 18.4. The second-order valence-corrected chi connectivity index (χ2v) is 5.32. The largest absolute Gasteiger partial charge is 0.466 e. The molecule has 0 bridgehead atoms. The molecule has 0 aromatic heterocycles. The normalized spacial score (nSPS) is 11.4. The van der Waals surface area contributed by atoms with E-state index in [1.165, 1.54) is 18.2 Å². The van der Waals surface area contributed by atoms with E-state index in [9.17, 15) is 14.0 Å². The van der Waals surface area contributed by atoms with Gasteiger partial charge in [-0.2, -0.15) is 0 Å². The zero-order valence-corrected chi connectivity index (χ0v) is 13.9. The standard InChI is InChI=1S/C19H20FNO4/c1-2-24-18(22)12-17(15-9-6-10-16(20)11-15)21-19(23)25-13-14-7-4-3-5-8-14/h3-11,17H,2,12-13H2,1H3,(H,21,23)/t17-/m0/s1. The van der Waals surface area contributed by atoms with Crippen molar-refractivity contribution in [2.45, 2.75) is 26.0 Å². The van der Waals surface area contributed by atoms with Gasteiger partial charge in [0.2, 0.25) is 0 Å². The summed E-state index contributed by atoms with van der Waals surface area (Å²) in [5, 5.41) is 2.59. The Kier molecular flexibility index (Phi) is 6.95. The van der Waals surface area contributed by atoms with Crippen molar-refractivity contribution in [3.05, 3.63) is 71.5 Å². The number of carbonyl (C=O) groups excluding carboxylic acids is 2. The molecule has 1 N–H and O–H groups in total. The molecule has 0 saturated heterocycles. The number of ether oxygens (including phenoxy) is 2. The van der Waals surface area contributed by atoms with Crippen LogP contribution in [0.2, 0.25) is 0 Å². The topological polar surface area (TPSA) is 64.6 Å². The fraction of sp³-hybridized carbons (Fsp3) is 0.263. The maximum Gasteiger partial charge on any atom is 0.407 e. The first-order valence-corrected chi connectivity index (χ1v) is 7.96. The van der Waals surface area contributed by atoms with Crippen LogP contribution in [0.15, 0.2) is 54.6 Å². The van der Waals surface area contributed by atoms with Crippen molar-refractivity contribution in [3.63, 3.8) is 0 Å². The molecule has 132 valence electrons. The highest BCUT2D eigenvalue weighted by Crippen LogP contribution is 2.19. The maximum absolute atomic E-state index is 13.5. The molecule has 5 nitrogen and oxygen atoms in total. The van der Waals surface area contributed by atoms with E-state index < -0.39 is 23.9 Å². The Hall–Kier alpha value is -2.89. The number of carbonyl (C=O) groups is 2. The number of hydrogen-bond donors (Lipinski definition) is 1. The SMILES string of the molecule is CCOC(=O)C[C@H](NC(=O)OCc1ccccc1)c1cccc(F)c1. The lowest BCUT2D eigenvalue weighted by Crippen LogP contribution is -2.31. The number of rotatable bonds is 7. The van der Waals surface area contributed by atoms with E-state index in [1.807, 2.05) is 30.3 Å². The van der Waals surface area contributed by atoms with Gasteiger partial charge in [-0.15, -0.1) is 0 Å². The van der Waals surface area contributed by atoms with E-state index in [-0.39, 0.29) is 19.6 Å². The fourth-order valence-electron chi connectivity index (χ4n) is 2.27. The number of benzene rings is 2. The molecule has 0 fully saturated rings. The van der Waals surface area contributed by atoms with Gasteiger partial charge < -0.3 is 14.8 Å². The highest BCUT2D eigenvalue weighted by atomic mass is 19.1. The summed E-state index contributed by atoms with van der Waals surface area (Å²) in [5.41, 5.74) is 1.30. The second kappa shape index (κ2) is 9.42. The molecule has 0 unspecified atom stereocenters. The van der Waals surface area contributed by atoms with Crippen LogP contribution in [-0.2, 0) is 20.9 Å². The van der Waals surface area contributed by atoms with Gasteiger partial charge in [0.15, 0.2) is 0 Å². The lowest BCUT2D eigenvalue weighted by Gasteiger charge is -2.18. The van der Waals surface area contributed by atoms with Gasteiger partial charge >= 0.3 is 12.1 Å². The minimum atomic E-state index is -0.738. The molecule has 2 rings (SSSR count). The molecule has 1 amide bonds. The molecule has 0 radical (unpaired) electrons. The van der Waals surface area contributed by atoms with Crippen molar-refractivity contribution in [1.82, 2.24) is 5.32 Å². The third-order valence-corrected chi connectivity index (χ3v) is 3.43. The van der Waals surface area contributed by atoms with Gasteiger partial charge in [-0.1, -0.05) is 42.5 Å². The molecule has 6 heteroatoms. The first-order chi connectivity index (χ1) is 12.1. The lowest BCUT2D eigenvalue weighted by molar-refractivity contribution is -0.143. The van der Waals surface area contributed by atoms with Gasteiger partial charge in [0.1, 0.15) is 12.4 Å². The summed E-state index contributed by atoms with van der Waals surface area (Å²) in [7, 11) is 0. The van der Waals surface area contributed by atoms with Crippen LogP contribution >= 0.6 is 0 Å². The fourth-order valence-corrected chi connectivity index (χ4v) is 2.27. The van der Waals surface area contributed by atoms with Gasteiger partial charge in [-0.25, -0.2) is 9.18 Å². The summed E-state index contributed by atoms with van der Waals surface area (Å²) < 4.78 is 23.5. The van der Waals surface area contributed by atoms with Crippen LogP contribution in [0.4, 0.5) is 9.18 Å². The molecule has 1 atom stereocenters. The highest BCUT2D eigenvalue weighted by molar-refractivity contribution is 5.73. The summed E-state index contributed by atoms with van der Waals surface area (Å²) >= 11 is 0. The van der Waals surface area contributed by atoms with Gasteiger partial charge in [0, 0.05) is 0 Å². The third-order valence-electron chi connectivity index (χ3n) is 3.43. The lowest BCUT2D eigenvalue weighted by atomic mass is 10.0. The average molecular weight is 345 g/mol. The number of amides is 1. The van der Waals surface area contributed by atoms with E-state index in [1.54, 1.807) is 13.0 Å². The Bertz CT molecular complexity index is 706. The highest BCUT2D eigenvalue weighted by Gasteiger charge is 2.20. The van der Waals surface area contributed by atoms with Crippen LogP contribution in [0.25, 0.3) is 0 Å². The van der Waals surface area contributed by atoms with Crippen LogP contribution in [0.5, 0.6) is 0 Å². The van der Waals surface area contributed by atoms with Crippen LogP contribution in [0.1, 0.15) is 30.5 Å². The predicted octanol–water partition coefficient (Wildman–Crippen LogP) is 3.75. The number of halogens is 1. The summed E-state index contributed by atoms with van der Waals surface area (Å²) in [4.78, 5) is 23.8. The molecule has 2 aromatic rings. The van der Waals surface area contributed by atoms with Crippen molar-refractivity contribution >= 4 is 12.1 Å². The van der Waals surface area contributed by atoms with Crippen molar-refractivity contribution in [1.29, 1.82) is 0 Å². The van der Waals surface area contributed by atoms with Gasteiger partial charge in [0.05, 0.1) is 19.1 Å². The molecule has 0 heterocycles. The Morgan fingerprint density at radius 3 is 2.52 bits per heavy atom. The predicted molar refractivity (Wildman–Crippen MR) is 90.2 cm³/mol. The molecular weight excluding hydrogens is 325 g/mol. The van der Waals surface area contributed by atoms with Gasteiger partial charge in [0.25, 0.3) is 0 Å². The van der Waals surface area contributed by atoms with Crippen molar-refractivity contribution in [2.24, 2.45) is 0 Å². The Labute approximate surface area is 145 Å². The minimum absolute atomic E-state index is 0.0992. The second-order valence-electron chi connectivity index (χ2n) is 5.32. The van der Waals surface area contributed by atoms with Crippen molar-refractivity contribution < 1.29 is 23.5 Å². The molecule has 0 spiro atoms. The van der Waals surface area contributed by atoms with E-state index in [0.717, 1.165) is 5.56 Å². The third kappa shape index (κ3) is 6.25. The summed E-state index contributed by atoms with van der Waals surface area (Å²) in [6, 6.07) is 14.2. The number of alkyl carbamates (subject to hydrolysis) is 1. The Balaban J connectivity index is 2.01. The maximum atomic E-state index is 13.5. The number of nitrogens with one attached hydrogen (secondary N) is 1. The zero-order chi connectivity index (χ0) is 18.1. The van der Waals surface area contributed by atoms with Crippen LogP contribution in [0.3, 0.4) is 0 Å². The van der Waals surface area contributed by atoms with E-state index in [0.29, 0.717) is 5.56 Å². The van der Waals surface area contributed by atoms with Crippen LogP contribution in [0, 0.1) is 5.82 Å². The first-order valence-electron chi connectivity index (χ1n) is 7.96. The summed E-state index contributed by atoms with van der Waals surface area (Å²) in [6.07, 6.45) is -0.806. The Morgan fingerprint density at radius 2 is 1.84 bits per heavy atom. The van der Waals surface area contributed by atoms with Crippen LogP contribution < -0.4 is 5.32 Å². The molecular formula is C19H20FNO4. The molecule has 0 aliphatic carbocycles. The van der Waals surface area contributed by atoms with Crippen molar-refractivity contribution in [2.75, 3.05) is 6.61 Å². The summed E-state index contributed by atoms with van der Waals surface area (Å²) in [6.45, 7) is 2.02. The molecule has 2 aromatic carbocycles. The van der Waals surface area contributed by atoms with E-state index >= 15 is 0 Å². The Morgan fingerprint density at radius 1 is 1.08 bits per heavy atom. The smallest absolute Gasteiger partial charge is 0.407 e.